The van der Waals surface area contributed by atoms with Gasteiger partial charge in [-0.15, -0.1) is 0 Å². The second-order valence-electron chi connectivity index (χ2n) is 5.92. The predicted octanol–water partition coefficient (Wildman–Crippen LogP) is -0.471. The van der Waals surface area contributed by atoms with E-state index in [1.165, 1.54) is 0 Å². The SMILES string of the molecule is C[C@H](NC(=O)[C@@H]([NH3+])Cc1c[nH]c2ccccc12)C(=O)N[C@@H](C)C=O. The number of aldehydes is 1. The zero-order chi connectivity index (χ0) is 17.7. The Bertz CT molecular complexity index is 740. The number of quaternary nitrogens is 1. The van der Waals surface area contributed by atoms with Gasteiger partial charge in [0.1, 0.15) is 12.3 Å². The van der Waals surface area contributed by atoms with Crippen molar-refractivity contribution in [3.8, 4) is 0 Å². The highest BCUT2D eigenvalue weighted by Gasteiger charge is 2.24. The Hall–Kier alpha value is -2.67. The van der Waals surface area contributed by atoms with E-state index in [9.17, 15) is 14.4 Å². The van der Waals surface area contributed by atoms with E-state index in [2.05, 4.69) is 21.4 Å². The van der Waals surface area contributed by atoms with Gasteiger partial charge in [0.25, 0.3) is 5.91 Å². The maximum Gasteiger partial charge on any atom is 0.279 e. The maximum absolute atomic E-state index is 12.2. The van der Waals surface area contributed by atoms with Crippen LogP contribution in [0.5, 0.6) is 0 Å². The molecule has 0 radical (unpaired) electrons. The first-order valence-corrected chi connectivity index (χ1v) is 7.86. The van der Waals surface area contributed by atoms with Gasteiger partial charge in [-0.2, -0.15) is 0 Å². The topological polar surface area (TPSA) is 119 Å². The number of aromatic amines is 1. The summed E-state index contributed by atoms with van der Waals surface area (Å²) in [5.41, 5.74) is 5.91. The van der Waals surface area contributed by atoms with Gasteiger partial charge in [-0.1, -0.05) is 18.2 Å². The fourth-order valence-electron chi connectivity index (χ4n) is 2.44. The Labute approximate surface area is 140 Å². The summed E-state index contributed by atoms with van der Waals surface area (Å²) in [6.07, 6.45) is 2.97. The first kappa shape index (κ1) is 17.7. The molecule has 1 aromatic heterocycles. The quantitative estimate of drug-likeness (QED) is 0.514. The second-order valence-corrected chi connectivity index (χ2v) is 5.92. The van der Waals surface area contributed by atoms with Gasteiger partial charge in [0.2, 0.25) is 5.91 Å². The van der Waals surface area contributed by atoms with E-state index in [0.29, 0.717) is 12.7 Å². The van der Waals surface area contributed by atoms with Crippen LogP contribution < -0.4 is 16.4 Å². The molecule has 7 nitrogen and oxygen atoms in total. The van der Waals surface area contributed by atoms with Crippen molar-refractivity contribution in [2.75, 3.05) is 0 Å². The third-order valence-corrected chi connectivity index (χ3v) is 3.84. The van der Waals surface area contributed by atoms with Crippen LogP contribution in [0.25, 0.3) is 10.9 Å². The van der Waals surface area contributed by atoms with Crippen LogP contribution in [0.15, 0.2) is 30.5 Å². The Balaban J connectivity index is 1.94. The van der Waals surface area contributed by atoms with Gasteiger partial charge in [0.15, 0.2) is 6.04 Å². The summed E-state index contributed by atoms with van der Waals surface area (Å²) in [5.74, 6) is -0.705. The normalized spacial score (nSPS) is 14.6. The molecule has 1 aromatic carbocycles. The summed E-state index contributed by atoms with van der Waals surface area (Å²) < 4.78 is 0. The summed E-state index contributed by atoms with van der Waals surface area (Å²) in [6, 6.07) is 6.00. The van der Waals surface area contributed by atoms with Crippen molar-refractivity contribution in [1.82, 2.24) is 15.6 Å². The van der Waals surface area contributed by atoms with E-state index in [1.807, 2.05) is 30.5 Å². The number of aromatic nitrogens is 1. The number of nitrogens with one attached hydrogen (secondary N) is 3. The summed E-state index contributed by atoms with van der Waals surface area (Å²) >= 11 is 0. The molecule has 0 bridgehead atoms. The minimum absolute atomic E-state index is 0.304. The Morgan fingerprint density at radius 1 is 1.21 bits per heavy atom. The molecule has 3 atom stereocenters. The van der Waals surface area contributed by atoms with Gasteiger partial charge in [-0.3, -0.25) is 9.59 Å². The van der Waals surface area contributed by atoms with Gasteiger partial charge in [-0.05, 0) is 25.5 Å². The van der Waals surface area contributed by atoms with Crippen molar-refractivity contribution in [1.29, 1.82) is 0 Å². The highest BCUT2D eigenvalue weighted by Crippen LogP contribution is 2.18. The number of benzene rings is 1. The van der Waals surface area contributed by atoms with E-state index in [0.717, 1.165) is 16.5 Å². The molecule has 0 saturated heterocycles. The zero-order valence-corrected chi connectivity index (χ0v) is 13.8. The van der Waals surface area contributed by atoms with Gasteiger partial charge in [-0.25, -0.2) is 0 Å². The number of rotatable bonds is 7. The number of H-pyrrole nitrogens is 1. The number of para-hydroxylation sites is 1. The fourth-order valence-corrected chi connectivity index (χ4v) is 2.44. The lowest BCUT2D eigenvalue weighted by atomic mass is 10.0. The van der Waals surface area contributed by atoms with Crippen molar-refractivity contribution >= 4 is 29.0 Å². The highest BCUT2D eigenvalue weighted by atomic mass is 16.2. The molecule has 0 saturated carbocycles. The van der Waals surface area contributed by atoms with E-state index < -0.39 is 24.0 Å². The van der Waals surface area contributed by atoms with Crippen LogP contribution in [0.3, 0.4) is 0 Å². The van der Waals surface area contributed by atoms with Crippen molar-refractivity contribution in [3.63, 3.8) is 0 Å². The van der Waals surface area contributed by atoms with E-state index >= 15 is 0 Å². The van der Waals surface area contributed by atoms with Crippen LogP contribution in [-0.4, -0.2) is 41.2 Å². The molecule has 0 aliphatic rings. The number of carbonyl (C=O) groups excluding carboxylic acids is 3. The minimum atomic E-state index is -0.730. The zero-order valence-electron chi connectivity index (χ0n) is 13.8. The molecule has 1 heterocycles. The van der Waals surface area contributed by atoms with Crippen LogP contribution in [0.4, 0.5) is 0 Å². The van der Waals surface area contributed by atoms with E-state index in [4.69, 9.17) is 0 Å². The molecule has 0 aliphatic heterocycles. The monoisotopic (exact) mass is 331 g/mol. The molecule has 128 valence electrons. The van der Waals surface area contributed by atoms with Crippen molar-refractivity contribution in [3.05, 3.63) is 36.0 Å². The smallest absolute Gasteiger partial charge is 0.279 e. The lowest BCUT2D eigenvalue weighted by Gasteiger charge is -2.17. The Kier molecular flexibility index (Phi) is 5.70. The lowest BCUT2D eigenvalue weighted by Crippen LogP contribution is -2.69. The third-order valence-electron chi connectivity index (χ3n) is 3.84. The predicted molar refractivity (Wildman–Crippen MR) is 90.0 cm³/mol. The van der Waals surface area contributed by atoms with Crippen molar-refractivity contribution in [2.45, 2.75) is 38.4 Å². The largest absolute Gasteiger partial charge is 0.361 e. The summed E-state index contributed by atoms with van der Waals surface area (Å²) in [6.45, 7) is 3.14. The van der Waals surface area contributed by atoms with Gasteiger partial charge >= 0.3 is 0 Å². The lowest BCUT2D eigenvalue weighted by molar-refractivity contribution is -0.403. The van der Waals surface area contributed by atoms with Crippen LogP contribution in [-0.2, 0) is 20.8 Å². The molecule has 2 amide bonds. The number of carbonyl (C=O) groups is 3. The first-order chi connectivity index (χ1) is 11.4. The van der Waals surface area contributed by atoms with Crippen molar-refractivity contribution < 1.29 is 20.1 Å². The Morgan fingerprint density at radius 3 is 2.62 bits per heavy atom. The van der Waals surface area contributed by atoms with E-state index in [-0.39, 0.29) is 5.91 Å². The molecule has 6 N–H and O–H groups in total. The van der Waals surface area contributed by atoms with Gasteiger partial charge < -0.3 is 26.1 Å². The standard InChI is InChI=1S/C17H22N4O3/c1-10(9-22)20-16(23)11(2)21-17(24)14(18)7-12-8-19-15-6-4-3-5-13(12)15/h3-6,8-11,14,19H,7,18H2,1-2H3,(H,20,23)(H,21,24)/p+1/t10-,11-,14-/m0/s1. The van der Waals surface area contributed by atoms with Crippen LogP contribution >= 0.6 is 0 Å². The molecule has 0 spiro atoms. The highest BCUT2D eigenvalue weighted by molar-refractivity contribution is 5.90. The second kappa shape index (κ2) is 7.74. The summed E-state index contributed by atoms with van der Waals surface area (Å²) in [7, 11) is 0. The number of fused-ring (bicyclic) bond motifs is 1. The average molecular weight is 331 g/mol. The molecule has 24 heavy (non-hydrogen) atoms. The average Bonchev–Trinajstić information content (AvgIpc) is 2.97. The van der Waals surface area contributed by atoms with Crippen LogP contribution in [0, 0.1) is 0 Å². The van der Waals surface area contributed by atoms with Gasteiger partial charge in [0.05, 0.1) is 6.04 Å². The maximum atomic E-state index is 12.2. The summed E-state index contributed by atoms with van der Waals surface area (Å²) in [5, 5.41) is 6.19. The summed E-state index contributed by atoms with van der Waals surface area (Å²) in [4.78, 5) is 37.8. The third kappa shape index (κ3) is 4.20. The number of hydrogen-bond donors (Lipinski definition) is 4. The molecular formula is C17H23N4O3+. The molecular weight excluding hydrogens is 308 g/mol. The number of amides is 2. The number of hydrogen-bond acceptors (Lipinski definition) is 3. The molecule has 7 heteroatoms. The minimum Gasteiger partial charge on any atom is -0.361 e. The first-order valence-electron chi connectivity index (χ1n) is 7.86. The molecule has 2 rings (SSSR count). The van der Waals surface area contributed by atoms with Gasteiger partial charge in [0, 0.05) is 23.5 Å². The van der Waals surface area contributed by atoms with Crippen LogP contribution in [0.1, 0.15) is 19.4 Å². The molecule has 0 aliphatic carbocycles. The Morgan fingerprint density at radius 2 is 1.92 bits per heavy atom. The molecule has 0 unspecified atom stereocenters. The van der Waals surface area contributed by atoms with E-state index in [1.54, 1.807) is 13.8 Å². The molecule has 2 aromatic rings. The van der Waals surface area contributed by atoms with Crippen molar-refractivity contribution in [2.24, 2.45) is 0 Å². The fraction of sp³-hybridized carbons (Fsp3) is 0.353. The molecule has 0 fully saturated rings. The van der Waals surface area contributed by atoms with Crippen LogP contribution in [0.2, 0.25) is 0 Å².